The molecule has 0 unspecified atom stereocenters. The topological polar surface area (TPSA) is 41.6 Å². The Bertz CT molecular complexity index is 955. The number of benzene rings is 2. The number of aromatic nitrogens is 1. The quantitative estimate of drug-likeness (QED) is 0.721. The van der Waals surface area contributed by atoms with E-state index in [9.17, 15) is 4.79 Å². The molecule has 0 radical (unpaired) electrons. The van der Waals surface area contributed by atoms with Gasteiger partial charge in [-0.2, -0.15) is 0 Å². The van der Waals surface area contributed by atoms with Gasteiger partial charge in [-0.25, -0.2) is 4.79 Å². The van der Waals surface area contributed by atoms with E-state index < -0.39 is 0 Å². The zero-order valence-corrected chi connectivity index (χ0v) is 14.9. The number of oxazole rings is 1. The van der Waals surface area contributed by atoms with Crippen molar-refractivity contribution in [2.75, 3.05) is 31.1 Å². The van der Waals surface area contributed by atoms with Crippen molar-refractivity contribution in [2.45, 2.75) is 13.6 Å². The highest BCUT2D eigenvalue weighted by molar-refractivity contribution is 6.33. The Balaban J connectivity index is 1.49. The largest absolute Gasteiger partial charge is 0.421 e. The van der Waals surface area contributed by atoms with Crippen molar-refractivity contribution in [1.29, 1.82) is 0 Å². The second-order valence-corrected chi connectivity index (χ2v) is 6.87. The predicted octanol–water partition coefficient (Wildman–Crippen LogP) is 3.34. The van der Waals surface area contributed by atoms with E-state index in [0.717, 1.165) is 48.0 Å². The first-order valence-corrected chi connectivity index (χ1v) is 8.81. The molecule has 1 fully saturated rings. The van der Waals surface area contributed by atoms with Crippen molar-refractivity contribution in [2.24, 2.45) is 0 Å². The van der Waals surface area contributed by atoms with Gasteiger partial charge >= 0.3 is 5.76 Å². The van der Waals surface area contributed by atoms with Crippen LogP contribution in [-0.2, 0) is 6.67 Å². The van der Waals surface area contributed by atoms with E-state index in [1.54, 1.807) is 4.57 Å². The van der Waals surface area contributed by atoms with Gasteiger partial charge in [0, 0.05) is 26.2 Å². The lowest BCUT2D eigenvalue weighted by atomic mass is 10.2. The fourth-order valence-corrected chi connectivity index (χ4v) is 3.60. The highest BCUT2D eigenvalue weighted by Gasteiger charge is 2.20. The maximum absolute atomic E-state index is 12.2. The Morgan fingerprint density at radius 2 is 1.84 bits per heavy atom. The van der Waals surface area contributed by atoms with E-state index in [-0.39, 0.29) is 5.76 Å². The van der Waals surface area contributed by atoms with Crippen LogP contribution in [0.15, 0.2) is 51.7 Å². The molecule has 1 aliphatic rings. The van der Waals surface area contributed by atoms with E-state index in [4.69, 9.17) is 16.0 Å². The summed E-state index contributed by atoms with van der Waals surface area (Å²) >= 11 is 6.30. The van der Waals surface area contributed by atoms with E-state index >= 15 is 0 Å². The van der Waals surface area contributed by atoms with Crippen LogP contribution in [0.2, 0.25) is 5.02 Å². The summed E-state index contributed by atoms with van der Waals surface area (Å²) < 4.78 is 7.07. The summed E-state index contributed by atoms with van der Waals surface area (Å²) in [4.78, 5) is 16.8. The van der Waals surface area contributed by atoms with Gasteiger partial charge in [-0.15, -0.1) is 0 Å². The van der Waals surface area contributed by atoms with E-state index in [1.165, 1.54) is 0 Å². The average molecular weight is 358 g/mol. The number of rotatable bonds is 3. The van der Waals surface area contributed by atoms with Gasteiger partial charge in [0.1, 0.15) is 0 Å². The second-order valence-electron chi connectivity index (χ2n) is 6.47. The zero-order chi connectivity index (χ0) is 17.4. The molecular weight excluding hydrogens is 338 g/mol. The van der Waals surface area contributed by atoms with E-state index in [0.29, 0.717) is 12.3 Å². The molecule has 4 rings (SSSR count). The fourth-order valence-electron chi connectivity index (χ4n) is 3.34. The third-order valence-electron chi connectivity index (χ3n) is 4.73. The van der Waals surface area contributed by atoms with Gasteiger partial charge in [0.15, 0.2) is 5.58 Å². The number of anilines is 1. The summed E-state index contributed by atoms with van der Waals surface area (Å²) in [6, 6.07) is 13.7. The van der Waals surface area contributed by atoms with Crippen LogP contribution < -0.4 is 10.7 Å². The number of hydrogen-bond donors (Lipinski definition) is 0. The molecule has 1 aliphatic heterocycles. The van der Waals surface area contributed by atoms with Crippen molar-refractivity contribution in [3.8, 4) is 0 Å². The molecule has 0 aliphatic carbocycles. The maximum Gasteiger partial charge on any atom is 0.421 e. The van der Waals surface area contributed by atoms with Crippen LogP contribution in [0.4, 0.5) is 5.69 Å². The molecule has 2 heterocycles. The highest BCUT2D eigenvalue weighted by atomic mass is 35.5. The molecule has 1 saturated heterocycles. The van der Waals surface area contributed by atoms with Gasteiger partial charge < -0.3 is 9.32 Å². The SMILES string of the molecule is Cc1ccc2oc(=O)n(CN3CCN(c4ccccc4Cl)CC3)c2c1. The van der Waals surface area contributed by atoms with Gasteiger partial charge in [-0.1, -0.05) is 29.8 Å². The molecule has 0 amide bonds. The first kappa shape index (κ1) is 16.2. The van der Waals surface area contributed by atoms with Gasteiger partial charge in [0.05, 0.1) is 22.9 Å². The molecule has 1 aromatic heterocycles. The van der Waals surface area contributed by atoms with Crippen molar-refractivity contribution >= 4 is 28.4 Å². The molecule has 3 aromatic rings. The number of hydrogen-bond acceptors (Lipinski definition) is 4. The van der Waals surface area contributed by atoms with Crippen LogP contribution in [0.5, 0.6) is 0 Å². The smallest absolute Gasteiger partial charge is 0.408 e. The second kappa shape index (κ2) is 6.58. The highest BCUT2D eigenvalue weighted by Crippen LogP contribution is 2.26. The predicted molar refractivity (Wildman–Crippen MR) is 100 cm³/mol. The van der Waals surface area contributed by atoms with Crippen molar-refractivity contribution in [3.63, 3.8) is 0 Å². The summed E-state index contributed by atoms with van der Waals surface area (Å²) in [6.45, 7) is 6.07. The summed E-state index contributed by atoms with van der Waals surface area (Å²) in [5, 5.41) is 0.781. The van der Waals surface area contributed by atoms with Crippen LogP contribution in [0.3, 0.4) is 0 Å². The van der Waals surface area contributed by atoms with Gasteiger partial charge in [-0.3, -0.25) is 9.47 Å². The molecule has 0 saturated carbocycles. The van der Waals surface area contributed by atoms with Crippen LogP contribution in [0.25, 0.3) is 11.1 Å². The Kier molecular flexibility index (Phi) is 4.27. The lowest BCUT2D eigenvalue weighted by Gasteiger charge is -2.36. The van der Waals surface area contributed by atoms with Gasteiger partial charge in [0.25, 0.3) is 0 Å². The third kappa shape index (κ3) is 3.17. The molecule has 0 spiro atoms. The first-order valence-electron chi connectivity index (χ1n) is 8.43. The third-order valence-corrected chi connectivity index (χ3v) is 5.05. The summed E-state index contributed by atoms with van der Waals surface area (Å²) in [5.74, 6) is -0.297. The molecule has 0 bridgehead atoms. The Labute approximate surface area is 151 Å². The number of nitrogens with zero attached hydrogens (tertiary/aromatic N) is 3. The number of halogens is 1. The van der Waals surface area contributed by atoms with Crippen molar-refractivity contribution in [1.82, 2.24) is 9.47 Å². The minimum absolute atomic E-state index is 0.297. The molecule has 130 valence electrons. The van der Waals surface area contributed by atoms with Gasteiger partial charge in [0.2, 0.25) is 0 Å². The minimum atomic E-state index is -0.297. The Morgan fingerprint density at radius 1 is 1.08 bits per heavy atom. The molecule has 6 heteroatoms. The van der Waals surface area contributed by atoms with E-state index in [2.05, 4.69) is 15.9 Å². The van der Waals surface area contributed by atoms with Gasteiger partial charge in [-0.05, 0) is 36.8 Å². The van der Waals surface area contributed by atoms with Crippen molar-refractivity contribution < 1.29 is 4.42 Å². The molecule has 25 heavy (non-hydrogen) atoms. The van der Waals surface area contributed by atoms with Crippen LogP contribution in [0.1, 0.15) is 5.56 Å². The van der Waals surface area contributed by atoms with Crippen molar-refractivity contribution in [3.05, 3.63) is 63.6 Å². The monoisotopic (exact) mass is 357 g/mol. The normalized spacial score (nSPS) is 15.8. The molecule has 5 nitrogen and oxygen atoms in total. The van der Waals surface area contributed by atoms with E-state index in [1.807, 2.05) is 43.3 Å². The minimum Gasteiger partial charge on any atom is -0.408 e. The number of para-hydroxylation sites is 1. The molecule has 2 aromatic carbocycles. The standard InChI is InChI=1S/C19H20ClN3O2/c1-14-6-7-18-17(12-14)23(19(24)25-18)13-21-8-10-22(11-9-21)16-5-3-2-4-15(16)20/h2-7,12H,8-11,13H2,1H3. The number of aryl methyl sites for hydroxylation is 1. The Morgan fingerprint density at radius 3 is 2.60 bits per heavy atom. The number of fused-ring (bicyclic) bond motifs is 1. The molecular formula is C19H20ClN3O2. The lowest BCUT2D eigenvalue weighted by Crippen LogP contribution is -2.47. The van der Waals surface area contributed by atoms with Crippen LogP contribution >= 0.6 is 11.6 Å². The number of piperazine rings is 1. The summed E-state index contributed by atoms with van der Waals surface area (Å²) in [7, 11) is 0. The lowest BCUT2D eigenvalue weighted by molar-refractivity contribution is 0.202. The zero-order valence-electron chi connectivity index (χ0n) is 14.1. The fraction of sp³-hybridized carbons (Fsp3) is 0.316. The summed E-state index contributed by atoms with van der Waals surface area (Å²) in [5.41, 5.74) is 3.69. The molecule has 0 N–H and O–H groups in total. The first-order chi connectivity index (χ1) is 12.1. The van der Waals surface area contributed by atoms with Crippen LogP contribution in [-0.4, -0.2) is 35.6 Å². The molecule has 0 atom stereocenters. The van der Waals surface area contributed by atoms with Crippen LogP contribution in [0, 0.1) is 6.92 Å². The summed E-state index contributed by atoms with van der Waals surface area (Å²) in [6.07, 6.45) is 0. The maximum atomic E-state index is 12.2. The Hall–Kier alpha value is -2.24. The average Bonchev–Trinajstić information content (AvgIpc) is 2.91.